The standard InChI is InChI=1S/C19H22O2/c1-5-17(20)16-8-6-7-9-18(16)21-15-12-10-14(11-13-15)19(2,3)4/h6-13H,5H2,1-4H3. The van der Waals surface area contributed by atoms with E-state index in [1.807, 2.05) is 43.3 Å². The maximum absolute atomic E-state index is 11.9. The second-order valence-corrected chi connectivity index (χ2v) is 6.15. The van der Waals surface area contributed by atoms with Crippen molar-refractivity contribution in [3.8, 4) is 11.5 Å². The molecule has 0 amide bonds. The third kappa shape index (κ3) is 3.72. The van der Waals surface area contributed by atoms with Crippen molar-refractivity contribution in [3.05, 3.63) is 59.7 Å². The molecule has 2 nitrogen and oxygen atoms in total. The van der Waals surface area contributed by atoms with E-state index in [1.165, 1.54) is 5.56 Å². The molecule has 0 saturated heterocycles. The van der Waals surface area contributed by atoms with Gasteiger partial charge in [0.15, 0.2) is 5.78 Å². The molecule has 0 fully saturated rings. The molecular formula is C19H22O2. The number of carbonyl (C=O) groups is 1. The lowest BCUT2D eigenvalue weighted by Crippen LogP contribution is -2.10. The Balaban J connectivity index is 2.25. The first-order valence-corrected chi connectivity index (χ1v) is 7.32. The number of rotatable bonds is 4. The summed E-state index contributed by atoms with van der Waals surface area (Å²) < 4.78 is 5.88. The fraction of sp³-hybridized carbons (Fsp3) is 0.316. The fourth-order valence-electron chi connectivity index (χ4n) is 2.13. The van der Waals surface area contributed by atoms with Gasteiger partial charge in [0.2, 0.25) is 0 Å². The number of hydrogen-bond donors (Lipinski definition) is 0. The van der Waals surface area contributed by atoms with Gasteiger partial charge in [-0.1, -0.05) is 52.0 Å². The molecule has 0 N–H and O–H groups in total. The Kier molecular flexibility index (Phi) is 4.46. The topological polar surface area (TPSA) is 26.3 Å². The van der Waals surface area contributed by atoms with E-state index in [1.54, 1.807) is 0 Å². The highest BCUT2D eigenvalue weighted by Gasteiger charge is 2.14. The normalized spacial score (nSPS) is 11.2. The molecule has 0 aliphatic carbocycles. The molecule has 2 aromatic carbocycles. The first-order valence-electron chi connectivity index (χ1n) is 7.32. The van der Waals surface area contributed by atoms with Gasteiger partial charge in [0.25, 0.3) is 0 Å². The third-order valence-corrected chi connectivity index (χ3v) is 3.46. The number of Topliss-reactive ketones (excluding diaryl/α,β-unsaturated/α-hetero) is 1. The molecular weight excluding hydrogens is 260 g/mol. The lowest BCUT2D eigenvalue weighted by Gasteiger charge is -2.19. The van der Waals surface area contributed by atoms with Gasteiger partial charge in [-0.15, -0.1) is 0 Å². The maximum atomic E-state index is 11.9. The number of para-hydroxylation sites is 1. The Morgan fingerprint density at radius 2 is 1.62 bits per heavy atom. The minimum atomic E-state index is 0.0944. The van der Waals surface area contributed by atoms with E-state index >= 15 is 0 Å². The van der Waals surface area contributed by atoms with Crippen LogP contribution in [0, 0.1) is 0 Å². The SMILES string of the molecule is CCC(=O)c1ccccc1Oc1ccc(C(C)(C)C)cc1. The average molecular weight is 282 g/mol. The Hall–Kier alpha value is -2.09. The molecule has 21 heavy (non-hydrogen) atoms. The number of carbonyl (C=O) groups excluding carboxylic acids is 1. The molecule has 0 radical (unpaired) electrons. The molecule has 0 bridgehead atoms. The van der Waals surface area contributed by atoms with Gasteiger partial charge in [0.05, 0.1) is 5.56 Å². The second kappa shape index (κ2) is 6.13. The number of hydrogen-bond acceptors (Lipinski definition) is 2. The Morgan fingerprint density at radius 3 is 2.19 bits per heavy atom. The largest absolute Gasteiger partial charge is 0.457 e. The van der Waals surface area contributed by atoms with Crippen molar-refractivity contribution in [1.29, 1.82) is 0 Å². The minimum absolute atomic E-state index is 0.0944. The van der Waals surface area contributed by atoms with Crippen molar-refractivity contribution in [2.75, 3.05) is 0 Å². The molecule has 0 heterocycles. The van der Waals surface area contributed by atoms with Crippen LogP contribution >= 0.6 is 0 Å². The summed E-state index contributed by atoms with van der Waals surface area (Å²) in [5, 5.41) is 0. The van der Waals surface area contributed by atoms with Crippen molar-refractivity contribution in [3.63, 3.8) is 0 Å². The van der Waals surface area contributed by atoms with Gasteiger partial charge in [-0.3, -0.25) is 4.79 Å². The van der Waals surface area contributed by atoms with Gasteiger partial charge in [-0.2, -0.15) is 0 Å². The van der Waals surface area contributed by atoms with Gasteiger partial charge >= 0.3 is 0 Å². The summed E-state index contributed by atoms with van der Waals surface area (Å²) in [4.78, 5) is 11.9. The van der Waals surface area contributed by atoms with Crippen LogP contribution in [0.25, 0.3) is 0 Å². The Morgan fingerprint density at radius 1 is 1.00 bits per heavy atom. The van der Waals surface area contributed by atoms with Gasteiger partial charge in [-0.05, 0) is 35.2 Å². The van der Waals surface area contributed by atoms with E-state index in [4.69, 9.17) is 4.74 Å². The summed E-state index contributed by atoms with van der Waals surface area (Å²) in [7, 11) is 0. The quantitative estimate of drug-likeness (QED) is 0.705. The van der Waals surface area contributed by atoms with Crippen LogP contribution in [0.5, 0.6) is 11.5 Å². The lowest BCUT2D eigenvalue weighted by molar-refractivity contribution is 0.0986. The predicted molar refractivity (Wildman–Crippen MR) is 86.3 cm³/mol. The molecule has 2 aromatic rings. The molecule has 0 aliphatic rings. The van der Waals surface area contributed by atoms with Crippen molar-refractivity contribution in [2.45, 2.75) is 39.5 Å². The predicted octanol–water partition coefficient (Wildman–Crippen LogP) is 5.37. The van der Waals surface area contributed by atoms with Crippen molar-refractivity contribution in [1.82, 2.24) is 0 Å². The van der Waals surface area contributed by atoms with Crippen LogP contribution in [0.1, 0.15) is 50.0 Å². The number of ketones is 1. The first kappa shape index (κ1) is 15.3. The average Bonchev–Trinajstić information content (AvgIpc) is 2.46. The zero-order valence-corrected chi connectivity index (χ0v) is 13.1. The highest BCUT2D eigenvalue weighted by Crippen LogP contribution is 2.29. The minimum Gasteiger partial charge on any atom is -0.457 e. The highest BCUT2D eigenvalue weighted by atomic mass is 16.5. The third-order valence-electron chi connectivity index (χ3n) is 3.46. The summed E-state index contributed by atoms with van der Waals surface area (Å²) in [5.41, 5.74) is 2.02. The van der Waals surface area contributed by atoms with E-state index in [-0.39, 0.29) is 11.2 Å². The molecule has 2 rings (SSSR count). The highest BCUT2D eigenvalue weighted by molar-refractivity contribution is 5.98. The fourth-order valence-corrected chi connectivity index (χ4v) is 2.13. The summed E-state index contributed by atoms with van der Waals surface area (Å²) in [6.45, 7) is 8.39. The first-order chi connectivity index (χ1) is 9.91. The van der Waals surface area contributed by atoms with Crippen LogP contribution in [0.4, 0.5) is 0 Å². The smallest absolute Gasteiger partial charge is 0.166 e. The van der Waals surface area contributed by atoms with Gasteiger partial charge in [0, 0.05) is 6.42 Å². The zero-order valence-electron chi connectivity index (χ0n) is 13.1. The summed E-state index contributed by atoms with van der Waals surface area (Å²) in [6, 6.07) is 15.4. The Bertz CT molecular complexity index is 619. The van der Waals surface area contributed by atoms with Crippen molar-refractivity contribution < 1.29 is 9.53 Å². The van der Waals surface area contributed by atoms with Crippen molar-refractivity contribution >= 4 is 5.78 Å². The van der Waals surface area contributed by atoms with E-state index in [0.717, 1.165) is 5.75 Å². The zero-order chi connectivity index (χ0) is 15.5. The Labute approximate surface area is 126 Å². The van der Waals surface area contributed by atoms with Crippen LogP contribution in [-0.2, 0) is 5.41 Å². The molecule has 0 atom stereocenters. The van der Waals surface area contributed by atoms with Crippen LogP contribution in [0.3, 0.4) is 0 Å². The lowest BCUT2D eigenvalue weighted by atomic mass is 9.87. The molecule has 110 valence electrons. The molecule has 0 unspecified atom stereocenters. The van der Waals surface area contributed by atoms with E-state index < -0.39 is 0 Å². The van der Waals surface area contributed by atoms with Crippen LogP contribution in [-0.4, -0.2) is 5.78 Å². The summed E-state index contributed by atoms with van der Waals surface area (Å²) in [5.74, 6) is 1.46. The van der Waals surface area contributed by atoms with Crippen molar-refractivity contribution in [2.24, 2.45) is 0 Å². The summed E-state index contributed by atoms with van der Waals surface area (Å²) >= 11 is 0. The maximum Gasteiger partial charge on any atom is 0.166 e. The van der Waals surface area contributed by atoms with E-state index in [0.29, 0.717) is 17.7 Å². The van der Waals surface area contributed by atoms with Gasteiger partial charge < -0.3 is 4.74 Å². The van der Waals surface area contributed by atoms with Crippen LogP contribution in [0.15, 0.2) is 48.5 Å². The molecule has 2 heteroatoms. The van der Waals surface area contributed by atoms with Crippen LogP contribution in [0.2, 0.25) is 0 Å². The van der Waals surface area contributed by atoms with E-state index in [2.05, 4.69) is 32.9 Å². The van der Waals surface area contributed by atoms with Gasteiger partial charge in [0.1, 0.15) is 11.5 Å². The number of ether oxygens (including phenoxy) is 1. The van der Waals surface area contributed by atoms with Crippen LogP contribution < -0.4 is 4.74 Å². The summed E-state index contributed by atoms with van der Waals surface area (Å²) in [6.07, 6.45) is 0.476. The second-order valence-electron chi connectivity index (χ2n) is 6.15. The molecule has 0 aliphatic heterocycles. The molecule has 0 saturated carbocycles. The van der Waals surface area contributed by atoms with Gasteiger partial charge in [-0.25, -0.2) is 0 Å². The monoisotopic (exact) mass is 282 g/mol. The molecule has 0 spiro atoms. The molecule has 0 aromatic heterocycles. The number of benzene rings is 2. The van der Waals surface area contributed by atoms with E-state index in [9.17, 15) is 4.79 Å².